The summed E-state index contributed by atoms with van der Waals surface area (Å²) in [6, 6.07) is 10.9. The van der Waals surface area contributed by atoms with E-state index in [1.54, 1.807) is 18.2 Å². The molecule has 4 rings (SSSR count). The molecule has 854 valence electrons. The molecule has 2 aromatic rings. The number of rotatable bonds is 42. The van der Waals surface area contributed by atoms with Crippen LogP contribution in [0.25, 0.3) is 0 Å². The van der Waals surface area contributed by atoms with Gasteiger partial charge in [0.25, 0.3) is 6.10 Å². The van der Waals surface area contributed by atoms with Gasteiger partial charge in [0.1, 0.15) is 17.6 Å². The van der Waals surface area contributed by atoms with Gasteiger partial charge in [-0.15, -0.1) is 0 Å². The molecule has 0 spiro atoms. The second-order valence-electron chi connectivity index (χ2n) is 30.5. The second-order valence-corrected chi connectivity index (χ2v) is 30.5. The van der Waals surface area contributed by atoms with Crippen LogP contribution in [0.5, 0.6) is 11.5 Å². The number of alkyl halides is 31. The zero-order chi connectivity index (χ0) is 117. The van der Waals surface area contributed by atoms with Crippen molar-refractivity contribution in [3.63, 3.8) is 0 Å². The summed E-state index contributed by atoms with van der Waals surface area (Å²) in [4.78, 5) is 211. The number of benzene rings is 2. The van der Waals surface area contributed by atoms with E-state index >= 15 is 0 Å². The molecule has 2 bridgehead atoms. The zero-order valence-corrected chi connectivity index (χ0v) is 78.7. The molecule has 150 heavy (non-hydrogen) atoms. The van der Waals surface area contributed by atoms with Crippen LogP contribution in [0, 0.1) is 42.4 Å². The van der Waals surface area contributed by atoms with Crippen LogP contribution in [0.15, 0.2) is 48.5 Å². The standard InChI is InChI=1S/C25H23F3O6.C21H30F4O10.C14H13F9O8.C12H11F9O6.C11H12F6O6/c1-13-5-3-7-17(9-13)33-24(31)22-19-10-15(11-20(19)32-14(2)29)21(22)23(30)34-18-8-4-6-16(12-18)25(26,27)28;1-6-14(20(22,23)18(29)31-8-3)34-16(27)13(10-11-33-12(5)26)17(28)35-15(7-2)21(24,25)19(30)32-9-4;1-7(24)31-11(10(27)30-6-14(21,22)23,2-8(25)28-4-12(15,16)17)3-9(26)29-5-13(18,19)20;1-4(10(13,14)15)25-7(23)3-6(26-5(2)22)8(24)27-9(11(16,17)18)12(19,20)21;1-6(18)21-3-2-7(8(19)22-4-10(12,13)14)9(20)23-5-11(15,16)17/h3-9,12,15,19-22H,10-11H2,1-2H3;13-15H,6-11H2,1-5H3;2-6H2,1H3;4,6,9H,3H2,1-2H3;7H,2-5H2,1H3. The van der Waals surface area contributed by atoms with Crippen LogP contribution in [0.2, 0.25) is 0 Å². The smallest absolute Gasteiger partial charge is 0.434 e. The molecule has 36 nitrogen and oxygen atoms in total. The lowest BCUT2D eigenvalue weighted by Gasteiger charge is -2.32. The number of hydrogen-bond donors (Lipinski definition) is 0. The maximum absolute atomic E-state index is 14.3. The van der Waals surface area contributed by atoms with Gasteiger partial charge in [-0.25, -0.2) is 19.2 Å². The summed E-state index contributed by atoms with van der Waals surface area (Å²) in [5.74, 6) is -43.3. The molecule has 0 heterocycles. The van der Waals surface area contributed by atoms with Gasteiger partial charge in [-0.1, -0.05) is 32.0 Å². The molecule has 0 aromatic heterocycles. The Kier molecular flexibility index (Phi) is 53.6. The normalized spacial score (nSPS) is 16.3. The van der Waals surface area contributed by atoms with E-state index in [9.17, 15) is 222 Å². The number of halogens is 31. The van der Waals surface area contributed by atoms with Crippen molar-refractivity contribution in [1.29, 1.82) is 0 Å². The Morgan fingerprint density at radius 2 is 0.760 bits per heavy atom. The summed E-state index contributed by atoms with van der Waals surface area (Å²) in [6.07, 6.45) is -69.2. The highest BCUT2D eigenvalue weighted by molar-refractivity contribution is 5.97. The van der Waals surface area contributed by atoms with Gasteiger partial charge in [0.15, 0.2) is 63.2 Å². The number of ether oxygens (including phenoxy) is 18. The SMILES string of the molecule is CC(=O)OC(CC(=O)OC(C)C(F)(F)F)C(=O)OC(C(F)(F)F)C(F)(F)F.CC(=O)OC(CC(=O)OCC(F)(F)F)(CC(=O)OCC(F)(F)F)C(=O)OCC(F)(F)F.CC(=O)OC1CC2CC1C(C(=O)Oc1cccc(C)c1)C2C(=O)Oc1cccc(C(F)(F)F)c1.CC(=O)OCCC(C(=O)OCC(F)(F)F)C(=O)OCC(F)(F)F.CCOC(=O)C(F)(F)C(CC)OC(=O)C(CCOC(C)=O)C(=O)OC(CC)C(F)(F)C(=O)OCC. The van der Waals surface area contributed by atoms with E-state index in [2.05, 4.69) is 71.1 Å². The third kappa shape index (κ3) is 51.8. The molecule has 9 atom stereocenters. The average molecular weight is 2250 g/mol. The Morgan fingerprint density at radius 3 is 1.11 bits per heavy atom. The topological polar surface area (TPSA) is 473 Å². The summed E-state index contributed by atoms with van der Waals surface area (Å²) in [5.41, 5.74) is -3.48. The van der Waals surface area contributed by atoms with Gasteiger partial charge in [-0.3, -0.25) is 67.1 Å². The first-order valence-corrected chi connectivity index (χ1v) is 41.9. The Labute approximate surface area is 822 Å². The summed E-state index contributed by atoms with van der Waals surface area (Å²) in [6.45, 7) is -1.47. The Hall–Kier alpha value is -13.3. The van der Waals surface area contributed by atoms with Gasteiger partial charge in [0.2, 0.25) is 11.7 Å². The molecule has 0 amide bonds. The number of carbonyl (C=O) groups excluding carboxylic acids is 18. The lowest BCUT2D eigenvalue weighted by Crippen LogP contribution is -2.49. The van der Waals surface area contributed by atoms with Crippen molar-refractivity contribution in [2.75, 3.05) is 59.5 Å². The van der Waals surface area contributed by atoms with Gasteiger partial charge in [-0.2, -0.15) is 136 Å². The van der Waals surface area contributed by atoms with E-state index in [0.29, 0.717) is 39.4 Å². The van der Waals surface area contributed by atoms with Crippen molar-refractivity contribution in [2.45, 2.75) is 244 Å². The maximum Gasteiger partial charge on any atom is 0.434 e. The first kappa shape index (κ1) is 137. The van der Waals surface area contributed by atoms with Crippen LogP contribution < -0.4 is 9.47 Å². The van der Waals surface area contributed by atoms with Gasteiger partial charge < -0.3 is 85.3 Å². The number of aryl methyl sites for hydroxylation is 1. The zero-order valence-electron chi connectivity index (χ0n) is 78.7. The first-order valence-electron chi connectivity index (χ1n) is 41.9. The third-order valence-electron chi connectivity index (χ3n) is 18.1. The summed E-state index contributed by atoms with van der Waals surface area (Å²) >= 11 is 0. The minimum atomic E-state index is -6.10. The van der Waals surface area contributed by atoms with Crippen LogP contribution >= 0.6 is 0 Å². The molecule has 67 heteroatoms. The fourth-order valence-electron chi connectivity index (χ4n) is 12.0. The van der Waals surface area contributed by atoms with Crippen molar-refractivity contribution in [3.8, 4) is 11.5 Å². The van der Waals surface area contributed by atoms with Crippen LogP contribution in [0.1, 0.15) is 138 Å². The van der Waals surface area contributed by atoms with Crippen LogP contribution in [-0.4, -0.2) is 270 Å². The van der Waals surface area contributed by atoms with Crippen molar-refractivity contribution in [2.24, 2.45) is 35.5 Å². The first-order chi connectivity index (χ1) is 68.1. The van der Waals surface area contributed by atoms with E-state index in [1.807, 2.05) is 13.0 Å². The molecule has 0 aliphatic heterocycles. The Morgan fingerprint density at radius 1 is 0.373 bits per heavy atom. The van der Waals surface area contributed by atoms with Crippen LogP contribution in [0.3, 0.4) is 0 Å². The molecule has 2 saturated carbocycles. The summed E-state index contributed by atoms with van der Waals surface area (Å²) in [5, 5.41) is 0. The van der Waals surface area contributed by atoms with Crippen molar-refractivity contribution >= 4 is 107 Å². The number of fused-ring (bicyclic) bond motifs is 2. The molecule has 0 saturated heterocycles. The monoisotopic (exact) mass is 2250 g/mol. The molecular formula is C83H89F31O36. The van der Waals surface area contributed by atoms with Gasteiger partial charge in [-0.05, 0) is 95.2 Å². The molecule has 2 aliphatic carbocycles. The lowest BCUT2D eigenvalue weighted by atomic mass is 9.77. The minimum absolute atomic E-state index is 0.259. The average Bonchev–Trinajstić information content (AvgIpc) is 1.59. The molecule has 0 radical (unpaired) electrons. The predicted octanol–water partition coefficient (Wildman–Crippen LogP) is 14.3. The summed E-state index contributed by atoms with van der Waals surface area (Å²) < 4.78 is 466. The van der Waals surface area contributed by atoms with Gasteiger partial charge in [0, 0.05) is 53.4 Å². The molecule has 2 aliphatic rings. The fourth-order valence-corrected chi connectivity index (χ4v) is 12.0. The number of hydrogen-bond acceptors (Lipinski definition) is 36. The molecule has 2 aromatic carbocycles. The Balaban J connectivity index is 0.00000186. The van der Waals surface area contributed by atoms with E-state index in [-0.39, 0.29) is 24.9 Å². The molecular weight excluding hydrogens is 2160 g/mol. The minimum Gasteiger partial charge on any atom is -0.466 e. The fraction of sp³-hybridized carbons (Fsp3) is 0.639. The van der Waals surface area contributed by atoms with Gasteiger partial charge >= 0.3 is 175 Å². The van der Waals surface area contributed by atoms with Crippen LogP contribution in [0.4, 0.5) is 136 Å². The highest BCUT2D eigenvalue weighted by Gasteiger charge is 2.63. The Bertz CT molecular complexity index is 4740. The quantitative estimate of drug-likeness (QED) is 0.0196. The van der Waals surface area contributed by atoms with E-state index in [1.165, 1.54) is 26.8 Å². The molecule has 0 N–H and O–H groups in total. The van der Waals surface area contributed by atoms with E-state index in [0.717, 1.165) is 51.5 Å². The maximum atomic E-state index is 14.3. The lowest BCUT2D eigenvalue weighted by molar-refractivity contribution is -0.315. The van der Waals surface area contributed by atoms with Crippen molar-refractivity contribution in [3.05, 3.63) is 59.7 Å². The third-order valence-corrected chi connectivity index (χ3v) is 18.1. The molecule has 2 fully saturated rings. The highest BCUT2D eigenvalue weighted by Crippen LogP contribution is 2.55. The summed E-state index contributed by atoms with van der Waals surface area (Å²) in [7, 11) is 0. The van der Waals surface area contributed by atoms with E-state index < -0.39 is 343 Å². The second kappa shape index (κ2) is 58.8. The van der Waals surface area contributed by atoms with Crippen molar-refractivity contribution < 1.29 is 308 Å². The highest BCUT2D eigenvalue weighted by atomic mass is 19.4. The van der Waals surface area contributed by atoms with E-state index in [4.69, 9.17) is 14.2 Å². The van der Waals surface area contributed by atoms with Crippen LogP contribution in [-0.2, 0) is 168 Å². The number of esters is 18. The number of carbonyl (C=O) groups is 18. The predicted molar refractivity (Wildman–Crippen MR) is 418 cm³/mol. The largest absolute Gasteiger partial charge is 0.466 e. The van der Waals surface area contributed by atoms with Gasteiger partial charge in [0.05, 0.1) is 63.1 Å². The van der Waals surface area contributed by atoms with Crippen molar-refractivity contribution in [1.82, 2.24) is 0 Å². The molecule has 9 unspecified atom stereocenters.